The van der Waals surface area contributed by atoms with E-state index in [9.17, 15) is 24.2 Å². The van der Waals surface area contributed by atoms with Crippen molar-refractivity contribution in [3.05, 3.63) is 32.6 Å². The molecule has 0 amide bonds. The van der Waals surface area contributed by atoms with E-state index in [2.05, 4.69) is 9.51 Å². The fourth-order valence-corrected chi connectivity index (χ4v) is 3.45. The molecular weight excluding hydrogens is 307 g/mol. The van der Waals surface area contributed by atoms with E-state index in [1.54, 1.807) is 0 Å². The molecule has 3 N–H and O–H groups in total. The Bertz CT molecular complexity index is 727. The first-order valence-electron chi connectivity index (χ1n) is 6.10. The van der Waals surface area contributed by atoms with Gasteiger partial charge >= 0.3 is 13.5 Å². The van der Waals surface area contributed by atoms with Crippen LogP contribution in [0.5, 0.6) is 0 Å². The van der Waals surface area contributed by atoms with Crippen molar-refractivity contribution in [3.63, 3.8) is 0 Å². The number of ether oxygens (including phenoxy) is 1. The number of nitrogens with one attached hydrogen (secondary N) is 1. The van der Waals surface area contributed by atoms with Crippen LogP contribution in [0.4, 0.5) is 0 Å². The molecule has 3 heterocycles. The summed E-state index contributed by atoms with van der Waals surface area (Å²) in [7, 11) is -4.23. The van der Waals surface area contributed by atoms with Crippen LogP contribution in [-0.2, 0) is 18.3 Å². The van der Waals surface area contributed by atoms with Gasteiger partial charge in [-0.2, -0.15) is 0 Å². The number of phosphoric acid groups is 1. The van der Waals surface area contributed by atoms with E-state index in [-0.39, 0.29) is 12.3 Å². The highest BCUT2D eigenvalue weighted by Gasteiger charge is 2.52. The van der Waals surface area contributed by atoms with Gasteiger partial charge in [0.2, 0.25) is 0 Å². The summed E-state index contributed by atoms with van der Waals surface area (Å²) in [5, 5.41) is 10.2. The van der Waals surface area contributed by atoms with Gasteiger partial charge in [-0.15, -0.1) is 0 Å². The van der Waals surface area contributed by atoms with Crippen molar-refractivity contribution in [2.45, 2.75) is 31.5 Å². The standard InChI is InChI=1S/C10H13N2O8P/c1-4-2-6(13)11-10(15)12(4)9-7(14)8-5(19-9)3-18-21(16,17)20-8/h2,5,7-9,14H,3H2,1H3,(H,16,17)(H,11,13,15)/t5-,7-,8-,9-/m1/s1. The molecule has 116 valence electrons. The van der Waals surface area contributed by atoms with Gasteiger partial charge < -0.3 is 14.7 Å². The van der Waals surface area contributed by atoms with Gasteiger partial charge in [-0.05, 0) is 6.92 Å². The Morgan fingerprint density at radius 2 is 2.19 bits per heavy atom. The Balaban J connectivity index is 1.98. The van der Waals surface area contributed by atoms with E-state index < -0.39 is 43.6 Å². The van der Waals surface area contributed by atoms with Gasteiger partial charge in [-0.25, -0.2) is 9.36 Å². The first kappa shape index (κ1) is 14.6. The zero-order valence-electron chi connectivity index (χ0n) is 10.8. The molecule has 2 saturated heterocycles. The molecule has 2 aliphatic rings. The molecule has 1 aromatic rings. The highest BCUT2D eigenvalue weighted by atomic mass is 31.2. The first-order valence-corrected chi connectivity index (χ1v) is 7.60. The number of aliphatic hydroxyl groups excluding tert-OH is 1. The highest BCUT2D eigenvalue weighted by molar-refractivity contribution is 7.47. The van der Waals surface area contributed by atoms with Crippen LogP contribution in [0, 0.1) is 6.92 Å². The second-order valence-corrected chi connectivity index (χ2v) is 6.25. The molecule has 21 heavy (non-hydrogen) atoms. The summed E-state index contributed by atoms with van der Waals surface area (Å²) in [5.74, 6) is 0. The Labute approximate surface area is 117 Å². The number of phosphoric ester groups is 1. The van der Waals surface area contributed by atoms with Crippen LogP contribution >= 0.6 is 7.82 Å². The minimum absolute atomic E-state index is 0.247. The lowest BCUT2D eigenvalue weighted by atomic mass is 10.1. The number of H-pyrrole nitrogens is 1. The van der Waals surface area contributed by atoms with E-state index in [0.717, 1.165) is 4.57 Å². The van der Waals surface area contributed by atoms with Crippen LogP contribution in [0.3, 0.4) is 0 Å². The monoisotopic (exact) mass is 320 g/mol. The number of aromatic amines is 1. The van der Waals surface area contributed by atoms with Crippen LogP contribution < -0.4 is 11.2 Å². The molecule has 1 unspecified atom stereocenters. The van der Waals surface area contributed by atoms with Crippen molar-refractivity contribution >= 4 is 7.82 Å². The number of hydrogen-bond donors (Lipinski definition) is 3. The lowest BCUT2D eigenvalue weighted by Gasteiger charge is -2.27. The second kappa shape index (κ2) is 4.87. The minimum atomic E-state index is -4.23. The molecule has 11 heteroatoms. The number of rotatable bonds is 1. The largest absolute Gasteiger partial charge is 0.472 e. The Kier molecular flexibility index (Phi) is 3.40. The Hall–Kier alpha value is -1.29. The molecule has 10 nitrogen and oxygen atoms in total. The van der Waals surface area contributed by atoms with Gasteiger partial charge in [0.15, 0.2) is 6.23 Å². The zero-order valence-corrected chi connectivity index (χ0v) is 11.7. The van der Waals surface area contributed by atoms with Crippen LogP contribution in [0.25, 0.3) is 0 Å². The minimum Gasteiger partial charge on any atom is -0.386 e. The summed E-state index contributed by atoms with van der Waals surface area (Å²) >= 11 is 0. The van der Waals surface area contributed by atoms with Gasteiger partial charge in [-0.3, -0.25) is 23.4 Å². The molecular formula is C10H13N2O8P. The molecule has 0 aliphatic carbocycles. The van der Waals surface area contributed by atoms with E-state index in [1.807, 2.05) is 0 Å². The van der Waals surface area contributed by atoms with Crippen LogP contribution in [0.2, 0.25) is 0 Å². The maximum Gasteiger partial charge on any atom is 0.472 e. The average Bonchev–Trinajstić information content (AvgIpc) is 2.65. The lowest BCUT2D eigenvalue weighted by molar-refractivity contribution is -0.0690. The van der Waals surface area contributed by atoms with Crippen molar-refractivity contribution in [1.29, 1.82) is 0 Å². The van der Waals surface area contributed by atoms with Gasteiger partial charge in [0.25, 0.3) is 5.56 Å². The second-order valence-electron chi connectivity index (χ2n) is 4.84. The first-order chi connectivity index (χ1) is 9.78. The van der Waals surface area contributed by atoms with Crippen molar-refractivity contribution < 1.29 is 28.3 Å². The van der Waals surface area contributed by atoms with Crippen LogP contribution in [-0.4, -0.2) is 44.5 Å². The summed E-state index contributed by atoms with van der Waals surface area (Å²) in [5.41, 5.74) is -1.05. The average molecular weight is 320 g/mol. The third-order valence-corrected chi connectivity index (χ3v) is 4.37. The quantitative estimate of drug-likeness (QED) is 0.538. The molecule has 5 atom stereocenters. The number of nitrogens with zero attached hydrogens (tertiary/aromatic N) is 1. The van der Waals surface area contributed by atoms with E-state index >= 15 is 0 Å². The predicted molar refractivity (Wildman–Crippen MR) is 66.6 cm³/mol. The summed E-state index contributed by atoms with van der Waals surface area (Å²) in [6.45, 7) is 1.26. The van der Waals surface area contributed by atoms with E-state index in [4.69, 9.17) is 9.26 Å². The zero-order chi connectivity index (χ0) is 15.4. The maximum atomic E-state index is 11.9. The molecule has 0 spiro atoms. The number of fused-ring (bicyclic) bond motifs is 1. The topological polar surface area (TPSA) is 140 Å². The Morgan fingerprint density at radius 1 is 1.48 bits per heavy atom. The van der Waals surface area contributed by atoms with E-state index in [1.165, 1.54) is 13.0 Å². The fraction of sp³-hybridized carbons (Fsp3) is 0.600. The number of aliphatic hydroxyl groups is 1. The number of hydrogen-bond acceptors (Lipinski definition) is 7. The molecule has 0 aromatic carbocycles. The summed E-state index contributed by atoms with van der Waals surface area (Å²) in [4.78, 5) is 34.4. The molecule has 3 rings (SSSR count). The Morgan fingerprint density at radius 3 is 2.86 bits per heavy atom. The smallest absolute Gasteiger partial charge is 0.386 e. The molecule has 0 bridgehead atoms. The predicted octanol–water partition coefficient (Wildman–Crippen LogP) is -1.38. The normalized spacial score (nSPS) is 39.2. The molecule has 1 aromatic heterocycles. The van der Waals surface area contributed by atoms with E-state index in [0.29, 0.717) is 0 Å². The SMILES string of the molecule is Cc1cc(=O)[nH]c(=O)n1[C@@H]1O[C@@H]2COP(=O)(O)O[C@H]2[C@H]1O. The lowest BCUT2D eigenvalue weighted by Crippen LogP contribution is -2.41. The van der Waals surface area contributed by atoms with Gasteiger partial charge in [-0.1, -0.05) is 0 Å². The van der Waals surface area contributed by atoms with Crippen molar-refractivity contribution in [1.82, 2.24) is 9.55 Å². The molecule has 2 aliphatic heterocycles. The molecule has 2 fully saturated rings. The third kappa shape index (κ3) is 2.50. The van der Waals surface area contributed by atoms with Crippen LogP contribution in [0.1, 0.15) is 11.9 Å². The summed E-state index contributed by atoms with van der Waals surface area (Å²) < 4.78 is 27.3. The van der Waals surface area contributed by atoms with Gasteiger partial charge in [0, 0.05) is 11.8 Å². The number of aromatic nitrogens is 2. The third-order valence-electron chi connectivity index (χ3n) is 3.39. The molecule has 0 radical (unpaired) electrons. The maximum absolute atomic E-state index is 11.9. The molecule has 0 saturated carbocycles. The van der Waals surface area contributed by atoms with Gasteiger partial charge in [0.1, 0.15) is 18.3 Å². The van der Waals surface area contributed by atoms with Gasteiger partial charge in [0.05, 0.1) is 6.61 Å². The fourth-order valence-electron chi connectivity index (χ4n) is 2.49. The van der Waals surface area contributed by atoms with Crippen LogP contribution in [0.15, 0.2) is 15.7 Å². The summed E-state index contributed by atoms with van der Waals surface area (Å²) in [6.07, 6.45) is -4.40. The van der Waals surface area contributed by atoms with Crippen molar-refractivity contribution in [2.24, 2.45) is 0 Å². The number of aryl methyl sites for hydroxylation is 1. The van der Waals surface area contributed by atoms with Crippen molar-refractivity contribution in [3.8, 4) is 0 Å². The summed E-state index contributed by atoms with van der Waals surface area (Å²) in [6, 6.07) is 1.17. The van der Waals surface area contributed by atoms with Crippen molar-refractivity contribution in [2.75, 3.05) is 6.61 Å². The highest BCUT2D eigenvalue weighted by Crippen LogP contribution is 2.52.